The van der Waals surface area contributed by atoms with Gasteiger partial charge in [-0.05, 0) is 27.2 Å². The smallest absolute Gasteiger partial charge is 0.0547 e. The second kappa shape index (κ2) is 8.96. The summed E-state index contributed by atoms with van der Waals surface area (Å²) < 4.78 is 5.40. The van der Waals surface area contributed by atoms with Gasteiger partial charge in [0.25, 0.3) is 0 Å². The molecule has 10 heavy (non-hydrogen) atoms. The van der Waals surface area contributed by atoms with Crippen LogP contribution in [0, 0.1) is 0 Å². The summed E-state index contributed by atoms with van der Waals surface area (Å²) in [5, 5.41) is 0. The topological polar surface area (TPSA) is 9.23 Å². The van der Waals surface area contributed by atoms with Crippen molar-refractivity contribution >= 4 is 0 Å². The van der Waals surface area contributed by atoms with Crippen LogP contribution in [0.15, 0.2) is 0 Å². The molecule has 0 amide bonds. The molecule has 0 aromatic heterocycles. The Bertz CT molecular complexity index is 50.7. The lowest BCUT2D eigenvalue weighted by molar-refractivity contribution is 0.0172. The Morgan fingerprint density at radius 1 is 1.10 bits per heavy atom. The Balaban J connectivity index is 0. The van der Waals surface area contributed by atoms with E-state index in [0.717, 1.165) is 6.42 Å². The third-order valence-electron chi connectivity index (χ3n) is 1.08. The summed E-state index contributed by atoms with van der Waals surface area (Å²) in [6.45, 7) is 12.4. The van der Waals surface area contributed by atoms with E-state index in [1.165, 1.54) is 0 Å². The summed E-state index contributed by atoms with van der Waals surface area (Å²) >= 11 is 0. The molecule has 0 aliphatic carbocycles. The highest BCUT2D eigenvalue weighted by molar-refractivity contribution is 4.46. The minimum absolute atomic E-state index is 0.380. The fraction of sp³-hybridized carbons (Fsp3) is 1.00. The van der Waals surface area contributed by atoms with E-state index >= 15 is 0 Å². The Morgan fingerprint density at radius 3 is 1.60 bits per heavy atom. The van der Waals surface area contributed by atoms with E-state index in [-0.39, 0.29) is 0 Å². The molecule has 1 heteroatoms. The fourth-order valence-electron chi connectivity index (χ4n) is 0.561. The van der Waals surface area contributed by atoms with Crippen LogP contribution in [0.3, 0.4) is 0 Å². The van der Waals surface area contributed by atoms with Gasteiger partial charge in [-0.3, -0.25) is 0 Å². The lowest BCUT2D eigenvalue weighted by Gasteiger charge is -2.12. The van der Waals surface area contributed by atoms with Crippen LogP contribution in [0.1, 0.15) is 48.0 Å². The van der Waals surface area contributed by atoms with Crippen molar-refractivity contribution in [2.45, 2.75) is 60.2 Å². The standard InChI is InChI=1S/C7H16O.C2H6/c1-5-7(4)8-6(2)3;1-2/h6-7H,5H2,1-4H3;1-2H3. The summed E-state index contributed by atoms with van der Waals surface area (Å²) in [6, 6.07) is 0. The van der Waals surface area contributed by atoms with E-state index in [0.29, 0.717) is 12.2 Å². The molecule has 0 saturated heterocycles. The van der Waals surface area contributed by atoms with Gasteiger partial charge in [0.1, 0.15) is 0 Å². The Hall–Kier alpha value is -0.0400. The lowest BCUT2D eigenvalue weighted by Crippen LogP contribution is -2.12. The molecule has 0 aliphatic heterocycles. The highest BCUT2D eigenvalue weighted by atomic mass is 16.5. The third kappa shape index (κ3) is 10.9. The third-order valence-corrected chi connectivity index (χ3v) is 1.08. The van der Waals surface area contributed by atoms with Crippen LogP contribution in [0.2, 0.25) is 0 Å². The highest BCUT2D eigenvalue weighted by Gasteiger charge is 1.99. The van der Waals surface area contributed by atoms with Crippen molar-refractivity contribution in [2.75, 3.05) is 0 Å². The van der Waals surface area contributed by atoms with Crippen molar-refractivity contribution in [3.8, 4) is 0 Å². The zero-order chi connectivity index (χ0) is 8.57. The average Bonchev–Trinajstić information content (AvgIpc) is 1.91. The zero-order valence-electron chi connectivity index (χ0n) is 8.27. The summed E-state index contributed by atoms with van der Waals surface area (Å²) in [6.07, 6.45) is 1.91. The van der Waals surface area contributed by atoms with Gasteiger partial charge in [-0.15, -0.1) is 0 Å². The predicted octanol–water partition coefficient (Wildman–Crippen LogP) is 3.24. The van der Waals surface area contributed by atoms with Crippen molar-refractivity contribution in [2.24, 2.45) is 0 Å². The van der Waals surface area contributed by atoms with E-state index in [1.54, 1.807) is 0 Å². The molecular formula is C9H22O. The summed E-state index contributed by atoms with van der Waals surface area (Å²) in [5.74, 6) is 0. The van der Waals surface area contributed by atoms with E-state index < -0.39 is 0 Å². The zero-order valence-corrected chi connectivity index (χ0v) is 8.27. The van der Waals surface area contributed by atoms with Gasteiger partial charge < -0.3 is 4.74 Å². The summed E-state index contributed by atoms with van der Waals surface area (Å²) in [4.78, 5) is 0. The molecule has 64 valence electrons. The lowest BCUT2D eigenvalue weighted by atomic mass is 10.3. The molecule has 0 radical (unpaired) electrons. The van der Waals surface area contributed by atoms with Crippen LogP contribution in [-0.4, -0.2) is 12.2 Å². The average molecular weight is 146 g/mol. The van der Waals surface area contributed by atoms with Gasteiger partial charge in [0.15, 0.2) is 0 Å². The van der Waals surface area contributed by atoms with Crippen LogP contribution >= 0.6 is 0 Å². The van der Waals surface area contributed by atoms with Crippen molar-refractivity contribution < 1.29 is 4.74 Å². The number of hydrogen-bond donors (Lipinski definition) is 0. The molecule has 0 aromatic carbocycles. The van der Waals surface area contributed by atoms with Gasteiger partial charge in [-0.1, -0.05) is 20.8 Å². The second-order valence-corrected chi connectivity index (χ2v) is 2.40. The molecule has 0 spiro atoms. The summed E-state index contributed by atoms with van der Waals surface area (Å²) in [5.41, 5.74) is 0. The molecule has 0 aromatic rings. The predicted molar refractivity (Wildman–Crippen MR) is 47.3 cm³/mol. The van der Waals surface area contributed by atoms with E-state index in [1.807, 2.05) is 13.8 Å². The first-order valence-electron chi connectivity index (χ1n) is 4.32. The highest BCUT2D eigenvalue weighted by Crippen LogP contribution is 1.99. The Kier molecular flexibility index (Phi) is 11.3. The fourth-order valence-corrected chi connectivity index (χ4v) is 0.561. The first-order valence-corrected chi connectivity index (χ1v) is 4.32. The molecule has 0 aliphatic rings. The molecule has 0 N–H and O–H groups in total. The quantitative estimate of drug-likeness (QED) is 0.594. The maximum Gasteiger partial charge on any atom is 0.0547 e. The van der Waals surface area contributed by atoms with Crippen LogP contribution in [0.4, 0.5) is 0 Å². The normalized spacial score (nSPS) is 12.3. The first kappa shape index (κ1) is 12.6. The van der Waals surface area contributed by atoms with Gasteiger partial charge in [0.05, 0.1) is 12.2 Å². The maximum absolute atomic E-state index is 5.40. The van der Waals surface area contributed by atoms with Crippen molar-refractivity contribution in [1.29, 1.82) is 0 Å². The van der Waals surface area contributed by atoms with Gasteiger partial charge in [0.2, 0.25) is 0 Å². The minimum atomic E-state index is 0.380. The van der Waals surface area contributed by atoms with Gasteiger partial charge in [-0.25, -0.2) is 0 Å². The molecule has 1 unspecified atom stereocenters. The van der Waals surface area contributed by atoms with Crippen LogP contribution < -0.4 is 0 Å². The monoisotopic (exact) mass is 146 g/mol. The van der Waals surface area contributed by atoms with E-state index in [2.05, 4.69) is 27.7 Å². The number of hydrogen-bond acceptors (Lipinski definition) is 1. The molecule has 1 atom stereocenters. The minimum Gasteiger partial charge on any atom is -0.376 e. The van der Waals surface area contributed by atoms with Gasteiger partial charge in [0, 0.05) is 0 Å². The van der Waals surface area contributed by atoms with Crippen LogP contribution in [0.5, 0.6) is 0 Å². The molecule has 0 fully saturated rings. The van der Waals surface area contributed by atoms with Crippen molar-refractivity contribution in [1.82, 2.24) is 0 Å². The SMILES string of the molecule is CC.CCC(C)OC(C)C. The molecular weight excluding hydrogens is 124 g/mol. The largest absolute Gasteiger partial charge is 0.376 e. The van der Waals surface area contributed by atoms with Gasteiger partial charge >= 0.3 is 0 Å². The molecule has 0 heterocycles. The molecule has 0 saturated carbocycles. The van der Waals surface area contributed by atoms with E-state index in [4.69, 9.17) is 4.74 Å². The Morgan fingerprint density at radius 2 is 1.50 bits per heavy atom. The summed E-state index contributed by atoms with van der Waals surface area (Å²) in [7, 11) is 0. The Labute approximate surface area is 65.8 Å². The van der Waals surface area contributed by atoms with Crippen LogP contribution in [-0.2, 0) is 4.74 Å². The molecule has 0 bridgehead atoms. The second-order valence-electron chi connectivity index (χ2n) is 2.40. The van der Waals surface area contributed by atoms with Crippen LogP contribution in [0.25, 0.3) is 0 Å². The number of rotatable bonds is 3. The van der Waals surface area contributed by atoms with E-state index in [9.17, 15) is 0 Å². The number of ether oxygens (including phenoxy) is 1. The maximum atomic E-state index is 5.40. The van der Waals surface area contributed by atoms with Gasteiger partial charge in [-0.2, -0.15) is 0 Å². The first-order chi connectivity index (χ1) is 4.66. The molecule has 1 nitrogen and oxygen atoms in total. The van der Waals surface area contributed by atoms with Crippen molar-refractivity contribution in [3.05, 3.63) is 0 Å². The van der Waals surface area contributed by atoms with Crippen molar-refractivity contribution in [3.63, 3.8) is 0 Å². The molecule has 0 rings (SSSR count).